The summed E-state index contributed by atoms with van der Waals surface area (Å²) in [5.41, 5.74) is 0.793. The van der Waals surface area contributed by atoms with Gasteiger partial charge in [0.15, 0.2) is 11.6 Å². The molecule has 2 saturated carbocycles. The van der Waals surface area contributed by atoms with E-state index in [9.17, 15) is 17.6 Å². The molecule has 5 heteroatoms. The van der Waals surface area contributed by atoms with Gasteiger partial charge < -0.3 is 4.74 Å². The van der Waals surface area contributed by atoms with Crippen LogP contribution in [0.25, 0.3) is 0 Å². The molecule has 0 heterocycles. The van der Waals surface area contributed by atoms with E-state index < -0.39 is 17.9 Å². The van der Waals surface area contributed by atoms with Crippen LogP contribution in [-0.2, 0) is 0 Å². The number of rotatable bonds is 7. The molecule has 0 atom stereocenters. The number of hydrogen-bond donors (Lipinski definition) is 0. The number of ether oxygens (including phenoxy) is 1. The van der Waals surface area contributed by atoms with Gasteiger partial charge in [-0.1, -0.05) is 57.4 Å². The number of hydrogen-bond acceptors (Lipinski definition) is 1. The van der Waals surface area contributed by atoms with Gasteiger partial charge in [-0.15, -0.1) is 13.2 Å². The van der Waals surface area contributed by atoms with Gasteiger partial charge in [-0.3, -0.25) is 0 Å². The Kier molecular flexibility index (Phi) is 7.04. The van der Waals surface area contributed by atoms with E-state index in [0.29, 0.717) is 0 Å². The molecule has 0 spiro atoms. The van der Waals surface area contributed by atoms with Crippen LogP contribution in [-0.4, -0.2) is 6.36 Å². The summed E-state index contributed by atoms with van der Waals surface area (Å²) in [4.78, 5) is 0. The predicted molar refractivity (Wildman–Crippen MR) is 98.2 cm³/mol. The molecule has 3 rings (SSSR count). The van der Waals surface area contributed by atoms with Gasteiger partial charge in [-0.05, 0) is 61.1 Å². The lowest BCUT2D eigenvalue weighted by atomic mass is 9.77. The summed E-state index contributed by atoms with van der Waals surface area (Å²) in [7, 11) is 0. The topological polar surface area (TPSA) is 9.23 Å². The maximum Gasteiger partial charge on any atom is 0.573 e. The molecular formula is C22H30F4O. The monoisotopic (exact) mass is 386 g/mol. The molecule has 0 N–H and O–H groups in total. The van der Waals surface area contributed by atoms with Crippen molar-refractivity contribution in [1.29, 1.82) is 0 Å². The van der Waals surface area contributed by atoms with E-state index in [1.54, 1.807) is 6.07 Å². The van der Waals surface area contributed by atoms with Gasteiger partial charge in [-0.25, -0.2) is 4.39 Å². The fraction of sp³-hybridized carbons (Fsp3) is 0.727. The third-order valence-electron chi connectivity index (χ3n) is 6.45. The minimum absolute atomic E-state index is 0.245. The van der Waals surface area contributed by atoms with Gasteiger partial charge in [0.2, 0.25) is 0 Å². The van der Waals surface area contributed by atoms with Crippen LogP contribution in [0.4, 0.5) is 17.6 Å². The summed E-state index contributed by atoms with van der Waals surface area (Å²) >= 11 is 0. The van der Waals surface area contributed by atoms with Gasteiger partial charge in [0.25, 0.3) is 0 Å². The second kappa shape index (κ2) is 9.29. The molecule has 0 aliphatic heterocycles. The van der Waals surface area contributed by atoms with Crippen molar-refractivity contribution >= 4 is 0 Å². The SMILES string of the molecule is Fc1cc([C@H]2CC[C@H](CCCCC3CCCC3)CC2)ccc1OC(F)(F)F. The molecular weight excluding hydrogens is 356 g/mol. The first-order valence-electron chi connectivity index (χ1n) is 10.5. The fourth-order valence-corrected chi connectivity index (χ4v) is 4.93. The molecule has 1 aromatic carbocycles. The van der Waals surface area contributed by atoms with Gasteiger partial charge in [0.05, 0.1) is 0 Å². The second-order valence-electron chi connectivity index (χ2n) is 8.39. The van der Waals surface area contributed by atoms with Crippen molar-refractivity contribution in [2.45, 2.75) is 89.3 Å². The van der Waals surface area contributed by atoms with Crippen molar-refractivity contribution in [2.24, 2.45) is 11.8 Å². The van der Waals surface area contributed by atoms with E-state index in [2.05, 4.69) is 4.74 Å². The lowest BCUT2D eigenvalue weighted by Crippen LogP contribution is -2.18. The number of unbranched alkanes of at least 4 members (excludes halogenated alkanes) is 1. The molecule has 1 nitrogen and oxygen atoms in total. The van der Waals surface area contributed by atoms with Crippen molar-refractivity contribution < 1.29 is 22.3 Å². The van der Waals surface area contributed by atoms with Crippen LogP contribution in [0, 0.1) is 17.7 Å². The van der Waals surface area contributed by atoms with E-state index in [0.717, 1.165) is 49.1 Å². The van der Waals surface area contributed by atoms with Gasteiger partial charge >= 0.3 is 6.36 Å². The maximum absolute atomic E-state index is 13.9. The molecule has 1 aromatic rings. The zero-order valence-electron chi connectivity index (χ0n) is 15.9. The van der Waals surface area contributed by atoms with Crippen LogP contribution >= 0.6 is 0 Å². The Bertz CT molecular complexity index is 584. The number of benzene rings is 1. The average Bonchev–Trinajstić information content (AvgIpc) is 3.13. The molecule has 2 fully saturated rings. The van der Waals surface area contributed by atoms with Crippen molar-refractivity contribution in [1.82, 2.24) is 0 Å². The molecule has 27 heavy (non-hydrogen) atoms. The molecule has 0 radical (unpaired) electrons. The van der Waals surface area contributed by atoms with Crippen molar-refractivity contribution in [3.8, 4) is 5.75 Å². The van der Waals surface area contributed by atoms with E-state index in [-0.39, 0.29) is 5.92 Å². The molecule has 2 aliphatic rings. The van der Waals surface area contributed by atoms with Crippen LogP contribution in [0.15, 0.2) is 18.2 Å². The number of halogens is 4. The third kappa shape index (κ3) is 6.39. The first-order valence-corrected chi connectivity index (χ1v) is 10.5. The molecule has 0 amide bonds. The van der Waals surface area contributed by atoms with Crippen molar-refractivity contribution in [3.05, 3.63) is 29.6 Å². The van der Waals surface area contributed by atoms with Crippen LogP contribution in [0.3, 0.4) is 0 Å². The van der Waals surface area contributed by atoms with E-state index in [1.165, 1.54) is 57.4 Å². The fourth-order valence-electron chi connectivity index (χ4n) is 4.93. The molecule has 0 bridgehead atoms. The zero-order chi connectivity index (χ0) is 19.3. The third-order valence-corrected chi connectivity index (χ3v) is 6.45. The highest BCUT2D eigenvalue weighted by Crippen LogP contribution is 2.39. The minimum Gasteiger partial charge on any atom is -0.403 e. The second-order valence-corrected chi connectivity index (χ2v) is 8.39. The first-order chi connectivity index (χ1) is 12.9. The summed E-state index contributed by atoms with van der Waals surface area (Å²) in [5.74, 6) is 0.290. The van der Waals surface area contributed by atoms with Crippen LogP contribution < -0.4 is 4.74 Å². The average molecular weight is 386 g/mol. The summed E-state index contributed by atoms with van der Waals surface area (Å²) in [5, 5.41) is 0. The minimum atomic E-state index is -4.86. The summed E-state index contributed by atoms with van der Waals surface area (Å²) in [6, 6.07) is 3.90. The molecule has 0 aromatic heterocycles. The Morgan fingerprint density at radius 1 is 0.852 bits per heavy atom. The Morgan fingerprint density at radius 3 is 2.00 bits per heavy atom. The molecule has 0 unspecified atom stereocenters. The van der Waals surface area contributed by atoms with E-state index in [1.807, 2.05) is 0 Å². The Morgan fingerprint density at radius 2 is 1.44 bits per heavy atom. The highest BCUT2D eigenvalue weighted by molar-refractivity contribution is 5.31. The molecule has 0 saturated heterocycles. The lowest BCUT2D eigenvalue weighted by molar-refractivity contribution is -0.275. The van der Waals surface area contributed by atoms with E-state index >= 15 is 0 Å². The molecule has 152 valence electrons. The van der Waals surface area contributed by atoms with Crippen molar-refractivity contribution in [3.63, 3.8) is 0 Å². The van der Waals surface area contributed by atoms with Crippen molar-refractivity contribution in [2.75, 3.05) is 0 Å². The standard InChI is InChI=1S/C22H30F4O/c23-20-15-19(13-14-21(20)27-22(24,25)26)18-11-9-17(10-12-18)8-4-3-7-16-5-1-2-6-16/h13-18H,1-12H2/t17-,18-. The molecule has 2 aliphatic carbocycles. The summed E-state index contributed by atoms with van der Waals surface area (Å²) < 4.78 is 54.4. The Labute approximate surface area is 159 Å². The summed E-state index contributed by atoms with van der Waals surface area (Å²) in [6.45, 7) is 0. The summed E-state index contributed by atoms with van der Waals surface area (Å²) in [6.07, 6.45) is 10.4. The van der Waals surface area contributed by atoms with Gasteiger partial charge in [-0.2, -0.15) is 0 Å². The maximum atomic E-state index is 13.9. The van der Waals surface area contributed by atoms with Gasteiger partial charge in [0, 0.05) is 0 Å². The quantitative estimate of drug-likeness (QED) is 0.344. The van der Waals surface area contributed by atoms with Crippen LogP contribution in [0.5, 0.6) is 5.75 Å². The zero-order valence-corrected chi connectivity index (χ0v) is 15.9. The van der Waals surface area contributed by atoms with E-state index in [4.69, 9.17) is 0 Å². The van der Waals surface area contributed by atoms with Gasteiger partial charge in [0.1, 0.15) is 0 Å². The highest BCUT2D eigenvalue weighted by atomic mass is 19.4. The highest BCUT2D eigenvalue weighted by Gasteiger charge is 2.32. The predicted octanol–water partition coefficient (Wildman–Crippen LogP) is 7.75. The first kappa shape index (κ1) is 20.5. The Hall–Kier alpha value is -1.26. The van der Waals surface area contributed by atoms with Crippen LogP contribution in [0.2, 0.25) is 0 Å². The number of alkyl halides is 3. The normalized spacial score (nSPS) is 24.3. The largest absolute Gasteiger partial charge is 0.573 e. The lowest BCUT2D eigenvalue weighted by Gasteiger charge is -2.29. The van der Waals surface area contributed by atoms with Crippen LogP contribution in [0.1, 0.15) is 88.5 Å². The Balaban J connectivity index is 1.40. The smallest absolute Gasteiger partial charge is 0.403 e.